The van der Waals surface area contributed by atoms with Gasteiger partial charge in [0, 0.05) is 24.4 Å². The molecule has 2 heterocycles. The topological polar surface area (TPSA) is 162 Å². The number of nitrogens with zero attached hydrogens (tertiary/aromatic N) is 1. The van der Waals surface area contributed by atoms with E-state index in [1.54, 1.807) is 0 Å². The molecule has 1 aromatic carbocycles. The molecule has 156 valence electrons. The quantitative estimate of drug-likeness (QED) is 0.360. The van der Waals surface area contributed by atoms with Crippen molar-refractivity contribution < 1.29 is 47.3 Å². The minimum atomic E-state index is -5.07. The molecule has 0 aliphatic carbocycles. The number of pyridine rings is 1. The van der Waals surface area contributed by atoms with E-state index in [0.29, 0.717) is 0 Å². The Morgan fingerprint density at radius 2 is 1.79 bits per heavy atom. The Morgan fingerprint density at radius 3 is 2.31 bits per heavy atom. The largest absolute Gasteiger partial charge is 0.513 e. The normalized spacial score (nSPS) is 31.8. The van der Waals surface area contributed by atoms with E-state index in [-0.39, 0.29) is 16.9 Å². The molecule has 1 aliphatic heterocycles. The van der Waals surface area contributed by atoms with Gasteiger partial charge in [0.2, 0.25) is 6.29 Å². The molecule has 29 heavy (non-hydrogen) atoms. The van der Waals surface area contributed by atoms with Gasteiger partial charge in [-0.2, -0.15) is 0 Å². The van der Waals surface area contributed by atoms with Gasteiger partial charge < -0.3 is 24.4 Å². The summed E-state index contributed by atoms with van der Waals surface area (Å²) in [5.41, 5.74) is 0.308. The van der Waals surface area contributed by atoms with Crippen molar-refractivity contribution in [3.8, 4) is 5.75 Å². The standard InChI is InChI=1S/C16H17NO10P2/c1-24-15(18)25-13-6-4-12(5-7-13)14-26-28(20,21)16(19,29(22,23)27-14)9-11-3-2-8-17-10-11/h2-8,10,14,19H,9H2,1H3,(H,20,21)(H,22,23). The highest BCUT2D eigenvalue weighted by molar-refractivity contribution is 7.73. The number of methoxy groups -OCH3 is 1. The Morgan fingerprint density at radius 1 is 1.17 bits per heavy atom. The summed E-state index contributed by atoms with van der Waals surface area (Å²) in [4.78, 5) is 35.5. The van der Waals surface area contributed by atoms with Crippen molar-refractivity contribution in [3.63, 3.8) is 0 Å². The predicted molar refractivity (Wildman–Crippen MR) is 96.9 cm³/mol. The van der Waals surface area contributed by atoms with Crippen LogP contribution in [0.2, 0.25) is 0 Å². The Labute approximate surface area is 164 Å². The van der Waals surface area contributed by atoms with Gasteiger partial charge in [-0.05, 0) is 23.8 Å². The molecule has 0 saturated carbocycles. The van der Waals surface area contributed by atoms with Crippen LogP contribution in [0.3, 0.4) is 0 Å². The Kier molecular flexibility index (Phi) is 5.93. The van der Waals surface area contributed by atoms with Crippen molar-refractivity contribution in [2.45, 2.75) is 17.8 Å². The molecular formula is C16H17NO10P2. The van der Waals surface area contributed by atoms with Gasteiger partial charge in [0.05, 0.1) is 7.11 Å². The number of benzene rings is 1. The second-order valence-electron chi connectivity index (χ2n) is 6.02. The number of rotatable bonds is 4. The summed E-state index contributed by atoms with van der Waals surface area (Å²) in [6.45, 7) is 0. The van der Waals surface area contributed by atoms with Gasteiger partial charge >= 0.3 is 21.3 Å². The van der Waals surface area contributed by atoms with Crippen LogP contribution in [0.4, 0.5) is 4.79 Å². The maximum Gasteiger partial charge on any atom is 0.513 e. The van der Waals surface area contributed by atoms with E-state index in [1.165, 1.54) is 48.8 Å². The fourth-order valence-electron chi connectivity index (χ4n) is 2.54. The van der Waals surface area contributed by atoms with E-state index in [2.05, 4.69) is 9.72 Å². The summed E-state index contributed by atoms with van der Waals surface area (Å²) in [6, 6.07) is 8.11. The number of hydrogen-bond donors (Lipinski definition) is 3. The molecule has 3 rings (SSSR count). The van der Waals surface area contributed by atoms with Gasteiger partial charge in [0.1, 0.15) is 5.75 Å². The van der Waals surface area contributed by atoms with Crippen molar-refractivity contribution in [2.24, 2.45) is 0 Å². The minimum Gasteiger partial charge on any atom is -0.437 e. The van der Waals surface area contributed by atoms with Crippen LogP contribution in [0.5, 0.6) is 5.75 Å². The van der Waals surface area contributed by atoms with Crippen LogP contribution in [0.25, 0.3) is 0 Å². The molecule has 2 unspecified atom stereocenters. The highest BCUT2D eigenvalue weighted by Crippen LogP contribution is 2.79. The lowest BCUT2D eigenvalue weighted by molar-refractivity contribution is -0.0579. The van der Waals surface area contributed by atoms with Gasteiger partial charge in [0.15, 0.2) is 0 Å². The third-order valence-electron chi connectivity index (χ3n) is 4.07. The molecule has 11 nitrogen and oxygen atoms in total. The molecule has 0 spiro atoms. The maximum atomic E-state index is 12.7. The third-order valence-corrected chi connectivity index (χ3v) is 8.66. The number of aromatic nitrogens is 1. The van der Waals surface area contributed by atoms with Gasteiger partial charge in [-0.25, -0.2) is 4.79 Å². The van der Waals surface area contributed by atoms with Crippen LogP contribution in [-0.2, 0) is 29.3 Å². The van der Waals surface area contributed by atoms with E-state index < -0.39 is 39.1 Å². The zero-order valence-corrected chi connectivity index (χ0v) is 16.7. The average Bonchev–Trinajstić information content (AvgIpc) is 2.67. The minimum absolute atomic E-state index is 0.0780. The Hall–Kier alpha value is -2.10. The molecule has 0 bridgehead atoms. The molecule has 1 saturated heterocycles. The zero-order valence-electron chi connectivity index (χ0n) is 14.9. The van der Waals surface area contributed by atoms with Gasteiger partial charge in [-0.15, -0.1) is 0 Å². The molecule has 3 N–H and O–H groups in total. The zero-order chi connectivity index (χ0) is 21.3. The molecule has 1 fully saturated rings. The predicted octanol–water partition coefficient (Wildman–Crippen LogP) is 2.53. The first-order valence-electron chi connectivity index (χ1n) is 8.07. The first-order valence-corrected chi connectivity index (χ1v) is 11.2. The summed E-state index contributed by atoms with van der Waals surface area (Å²) in [5, 5.41) is 7.56. The summed E-state index contributed by atoms with van der Waals surface area (Å²) in [5.74, 6) is 0.0869. The molecule has 1 aliphatic rings. The second kappa shape index (κ2) is 7.97. The number of aliphatic hydroxyl groups is 1. The van der Waals surface area contributed by atoms with Gasteiger partial charge in [-0.1, -0.05) is 18.2 Å². The van der Waals surface area contributed by atoms with Crippen molar-refractivity contribution in [2.75, 3.05) is 7.11 Å². The molecule has 0 radical (unpaired) electrons. The second-order valence-corrected chi connectivity index (χ2v) is 10.4. The smallest absolute Gasteiger partial charge is 0.437 e. The SMILES string of the molecule is COC(=O)Oc1ccc(C2OP(=O)(O)C(O)(Cc3cccnc3)P(=O)(O)O2)cc1. The fraction of sp³-hybridized carbons (Fsp3) is 0.250. The Bertz CT molecular complexity index is 955. The van der Waals surface area contributed by atoms with Crippen LogP contribution in [-0.4, -0.2) is 38.2 Å². The van der Waals surface area contributed by atoms with E-state index in [1.807, 2.05) is 0 Å². The first-order chi connectivity index (χ1) is 13.6. The summed E-state index contributed by atoms with van der Waals surface area (Å²) >= 11 is 0. The molecular weight excluding hydrogens is 428 g/mol. The van der Waals surface area contributed by atoms with Gasteiger partial charge in [-0.3, -0.25) is 23.2 Å². The number of ether oxygens (including phenoxy) is 2. The number of carbonyl (C=O) groups is 1. The first kappa shape index (κ1) is 21.6. The van der Waals surface area contributed by atoms with Crippen LogP contribution < -0.4 is 4.74 Å². The van der Waals surface area contributed by atoms with E-state index >= 15 is 0 Å². The highest BCUT2D eigenvalue weighted by Gasteiger charge is 2.67. The van der Waals surface area contributed by atoms with Crippen LogP contribution in [0, 0.1) is 0 Å². The molecule has 1 aromatic heterocycles. The van der Waals surface area contributed by atoms with Crippen molar-refractivity contribution in [3.05, 3.63) is 59.9 Å². The lowest BCUT2D eigenvalue weighted by atomic mass is 10.2. The van der Waals surface area contributed by atoms with Crippen LogP contribution in [0.1, 0.15) is 17.4 Å². The third kappa shape index (κ3) is 4.26. The van der Waals surface area contributed by atoms with Gasteiger partial charge in [0.25, 0.3) is 5.08 Å². The van der Waals surface area contributed by atoms with Crippen molar-refractivity contribution in [1.29, 1.82) is 0 Å². The number of hydrogen-bond acceptors (Lipinski definition) is 9. The summed E-state index contributed by atoms with van der Waals surface area (Å²) in [7, 11) is -9.01. The molecule has 13 heteroatoms. The summed E-state index contributed by atoms with van der Waals surface area (Å²) < 4.78 is 44.5. The van der Waals surface area contributed by atoms with Crippen molar-refractivity contribution in [1.82, 2.24) is 4.98 Å². The van der Waals surface area contributed by atoms with Crippen LogP contribution in [0.15, 0.2) is 48.8 Å². The maximum absolute atomic E-state index is 12.7. The van der Waals surface area contributed by atoms with E-state index in [0.717, 1.165) is 7.11 Å². The van der Waals surface area contributed by atoms with Crippen molar-refractivity contribution >= 4 is 21.3 Å². The lowest BCUT2D eigenvalue weighted by Gasteiger charge is -2.41. The average molecular weight is 445 g/mol. The Balaban J connectivity index is 1.85. The molecule has 2 atom stereocenters. The monoisotopic (exact) mass is 445 g/mol. The summed E-state index contributed by atoms with van der Waals surface area (Å²) in [6.07, 6.45) is -0.668. The van der Waals surface area contributed by atoms with E-state index in [4.69, 9.17) is 13.8 Å². The van der Waals surface area contributed by atoms with E-state index in [9.17, 15) is 28.8 Å². The highest BCUT2D eigenvalue weighted by atomic mass is 31.2. The molecule has 2 aromatic rings. The fourth-order valence-corrected chi connectivity index (χ4v) is 6.12. The van der Waals surface area contributed by atoms with Crippen LogP contribution >= 0.6 is 15.2 Å². The lowest BCUT2D eigenvalue weighted by Crippen LogP contribution is -2.37. The molecule has 0 amide bonds. The number of carbonyl (C=O) groups excluding carboxylic acids is 1.